The summed E-state index contributed by atoms with van der Waals surface area (Å²) in [5.74, 6) is -1.20. The van der Waals surface area contributed by atoms with E-state index in [9.17, 15) is 25.0 Å². The normalized spacial score (nSPS) is 11.8. The molecule has 1 aromatic rings. The van der Waals surface area contributed by atoms with E-state index < -0.39 is 33.3 Å². The van der Waals surface area contributed by atoms with E-state index in [-0.39, 0.29) is 12.2 Å². The van der Waals surface area contributed by atoms with Crippen LogP contribution in [0.3, 0.4) is 0 Å². The standard InChI is InChI=1S/C10H10N2O7/c1-6(10(13)14)19-5-7-2-3-8(11(15)16)4-9(7)12(17)18/h2-4,6H,5H2,1H3,(H,13,14). The molecule has 0 aliphatic carbocycles. The molecule has 1 atom stereocenters. The van der Waals surface area contributed by atoms with Crippen molar-refractivity contribution >= 4 is 17.3 Å². The Hall–Kier alpha value is -2.55. The second-order valence-electron chi connectivity index (χ2n) is 3.62. The quantitative estimate of drug-likeness (QED) is 0.611. The predicted octanol–water partition coefficient (Wildman–Crippen LogP) is 1.49. The van der Waals surface area contributed by atoms with E-state index >= 15 is 0 Å². The third-order valence-corrected chi connectivity index (χ3v) is 2.31. The minimum absolute atomic E-state index is 0.0729. The van der Waals surface area contributed by atoms with Gasteiger partial charge < -0.3 is 9.84 Å². The van der Waals surface area contributed by atoms with Crippen molar-refractivity contribution in [2.75, 3.05) is 0 Å². The molecule has 0 spiro atoms. The lowest BCUT2D eigenvalue weighted by atomic mass is 10.1. The van der Waals surface area contributed by atoms with Crippen molar-refractivity contribution in [3.05, 3.63) is 44.0 Å². The number of ether oxygens (including phenoxy) is 1. The van der Waals surface area contributed by atoms with E-state index in [0.717, 1.165) is 12.1 Å². The summed E-state index contributed by atoms with van der Waals surface area (Å²) in [6.07, 6.45) is -1.13. The molecule has 0 aliphatic rings. The van der Waals surface area contributed by atoms with Crippen LogP contribution in [0.25, 0.3) is 0 Å². The monoisotopic (exact) mass is 270 g/mol. The van der Waals surface area contributed by atoms with E-state index in [1.165, 1.54) is 13.0 Å². The second-order valence-corrected chi connectivity index (χ2v) is 3.62. The SMILES string of the molecule is CC(OCc1ccc([N+](=O)[O-])cc1[N+](=O)[O-])C(=O)O. The van der Waals surface area contributed by atoms with Gasteiger partial charge in [0.2, 0.25) is 0 Å². The van der Waals surface area contributed by atoms with Gasteiger partial charge in [-0.3, -0.25) is 20.2 Å². The Morgan fingerprint density at radius 2 is 2.00 bits per heavy atom. The highest BCUT2D eigenvalue weighted by atomic mass is 16.6. The number of rotatable bonds is 6. The van der Waals surface area contributed by atoms with E-state index in [1.54, 1.807) is 0 Å². The number of nitrogens with zero attached hydrogens (tertiary/aromatic N) is 2. The fourth-order valence-electron chi connectivity index (χ4n) is 1.24. The molecule has 0 heterocycles. The van der Waals surface area contributed by atoms with Crippen molar-refractivity contribution in [2.24, 2.45) is 0 Å². The molecule has 1 rings (SSSR count). The summed E-state index contributed by atoms with van der Waals surface area (Å²) >= 11 is 0. The molecule has 0 saturated carbocycles. The van der Waals surface area contributed by atoms with Gasteiger partial charge >= 0.3 is 5.97 Å². The topological polar surface area (TPSA) is 133 Å². The maximum absolute atomic E-state index is 10.8. The number of hydrogen-bond acceptors (Lipinski definition) is 6. The molecule has 0 saturated heterocycles. The molecule has 1 unspecified atom stereocenters. The van der Waals surface area contributed by atoms with Gasteiger partial charge in [0.25, 0.3) is 11.4 Å². The zero-order valence-corrected chi connectivity index (χ0v) is 9.81. The lowest BCUT2D eigenvalue weighted by Gasteiger charge is -2.08. The van der Waals surface area contributed by atoms with Crippen LogP contribution < -0.4 is 0 Å². The second kappa shape index (κ2) is 5.87. The summed E-state index contributed by atoms with van der Waals surface area (Å²) in [4.78, 5) is 30.3. The van der Waals surface area contributed by atoms with E-state index in [0.29, 0.717) is 0 Å². The number of nitro groups is 2. The van der Waals surface area contributed by atoms with Crippen molar-refractivity contribution < 1.29 is 24.5 Å². The molecular weight excluding hydrogens is 260 g/mol. The van der Waals surface area contributed by atoms with Gasteiger partial charge in [-0.1, -0.05) is 0 Å². The Bertz CT molecular complexity index is 529. The summed E-state index contributed by atoms with van der Waals surface area (Å²) in [6, 6.07) is 3.08. The van der Waals surface area contributed by atoms with Gasteiger partial charge in [-0.05, 0) is 13.0 Å². The molecule has 1 aromatic carbocycles. The number of aliphatic carboxylic acids is 1. The zero-order valence-electron chi connectivity index (χ0n) is 9.81. The van der Waals surface area contributed by atoms with Crippen molar-refractivity contribution in [3.63, 3.8) is 0 Å². The maximum atomic E-state index is 10.8. The number of benzene rings is 1. The van der Waals surface area contributed by atoms with Crippen LogP contribution in [-0.2, 0) is 16.1 Å². The average molecular weight is 270 g/mol. The fraction of sp³-hybridized carbons (Fsp3) is 0.300. The molecule has 0 aromatic heterocycles. The van der Waals surface area contributed by atoms with Gasteiger partial charge in [0.05, 0.1) is 28.1 Å². The van der Waals surface area contributed by atoms with Gasteiger partial charge in [0, 0.05) is 6.07 Å². The largest absolute Gasteiger partial charge is 0.479 e. The number of carboxylic acid groups (broad SMARTS) is 1. The number of hydrogen-bond donors (Lipinski definition) is 1. The lowest BCUT2D eigenvalue weighted by molar-refractivity contribution is -0.394. The first-order valence-electron chi connectivity index (χ1n) is 5.09. The van der Waals surface area contributed by atoms with Crippen molar-refractivity contribution in [2.45, 2.75) is 19.6 Å². The first kappa shape index (κ1) is 14.5. The Labute approximate surface area is 106 Å². The van der Waals surface area contributed by atoms with Crippen LogP contribution in [0.5, 0.6) is 0 Å². The van der Waals surface area contributed by atoms with E-state index in [2.05, 4.69) is 0 Å². The van der Waals surface area contributed by atoms with Crippen molar-refractivity contribution in [1.82, 2.24) is 0 Å². The van der Waals surface area contributed by atoms with Crippen LogP contribution in [0.15, 0.2) is 18.2 Å². The predicted molar refractivity (Wildman–Crippen MR) is 61.6 cm³/mol. The minimum atomic E-state index is -1.20. The molecule has 19 heavy (non-hydrogen) atoms. The average Bonchev–Trinajstić information content (AvgIpc) is 2.35. The lowest BCUT2D eigenvalue weighted by Crippen LogP contribution is -2.19. The maximum Gasteiger partial charge on any atom is 0.332 e. The van der Waals surface area contributed by atoms with Gasteiger partial charge in [-0.2, -0.15) is 0 Å². The number of carboxylic acids is 1. The van der Waals surface area contributed by atoms with Gasteiger partial charge in [0.1, 0.15) is 0 Å². The summed E-state index contributed by atoms with van der Waals surface area (Å²) in [6.45, 7) is 0.960. The molecule has 0 fully saturated rings. The molecular formula is C10H10N2O7. The smallest absolute Gasteiger partial charge is 0.332 e. The molecule has 0 radical (unpaired) electrons. The summed E-state index contributed by atoms with van der Waals surface area (Å²) in [5.41, 5.74) is -0.822. The Kier molecular flexibility index (Phi) is 4.48. The third-order valence-electron chi connectivity index (χ3n) is 2.31. The number of carbonyl (C=O) groups is 1. The van der Waals surface area contributed by atoms with Crippen LogP contribution in [0.2, 0.25) is 0 Å². The first-order chi connectivity index (χ1) is 8.82. The molecule has 0 aliphatic heterocycles. The molecule has 0 bridgehead atoms. The minimum Gasteiger partial charge on any atom is -0.479 e. The van der Waals surface area contributed by atoms with E-state index in [4.69, 9.17) is 9.84 Å². The van der Waals surface area contributed by atoms with Crippen LogP contribution in [0.4, 0.5) is 11.4 Å². The van der Waals surface area contributed by atoms with Gasteiger partial charge in [-0.25, -0.2) is 4.79 Å². The van der Waals surface area contributed by atoms with Crippen LogP contribution in [0, 0.1) is 20.2 Å². The van der Waals surface area contributed by atoms with E-state index in [1.807, 2.05) is 0 Å². The Morgan fingerprint density at radius 3 is 2.47 bits per heavy atom. The molecule has 9 heteroatoms. The summed E-state index contributed by atoms with van der Waals surface area (Å²) < 4.78 is 4.91. The number of nitro benzene ring substituents is 2. The fourth-order valence-corrected chi connectivity index (χ4v) is 1.24. The highest BCUT2D eigenvalue weighted by molar-refractivity contribution is 5.71. The molecule has 0 amide bonds. The molecule has 102 valence electrons. The van der Waals surface area contributed by atoms with Crippen molar-refractivity contribution in [1.29, 1.82) is 0 Å². The number of non-ortho nitro benzene ring substituents is 1. The zero-order chi connectivity index (χ0) is 14.6. The molecule has 1 N–H and O–H groups in total. The highest BCUT2D eigenvalue weighted by Gasteiger charge is 2.21. The van der Waals surface area contributed by atoms with Gasteiger partial charge in [0.15, 0.2) is 6.10 Å². The Morgan fingerprint density at radius 1 is 1.37 bits per heavy atom. The summed E-state index contributed by atoms with van der Waals surface area (Å²) in [5, 5.41) is 29.9. The highest BCUT2D eigenvalue weighted by Crippen LogP contribution is 2.25. The third kappa shape index (κ3) is 3.71. The van der Waals surface area contributed by atoms with Crippen molar-refractivity contribution in [3.8, 4) is 0 Å². The Balaban J connectivity index is 2.97. The van der Waals surface area contributed by atoms with Crippen LogP contribution in [0.1, 0.15) is 12.5 Å². The van der Waals surface area contributed by atoms with Crippen LogP contribution >= 0.6 is 0 Å². The summed E-state index contributed by atoms with van der Waals surface area (Å²) in [7, 11) is 0. The molecule has 9 nitrogen and oxygen atoms in total. The van der Waals surface area contributed by atoms with Gasteiger partial charge in [-0.15, -0.1) is 0 Å². The first-order valence-corrected chi connectivity index (χ1v) is 5.09. The van der Waals surface area contributed by atoms with Crippen LogP contribution in [-0.4, -0.2) is 27.0 Å².